The first kappa shape index (κ1) is 9.96. The van der Waals surface area contributed by atoms with E-state index < -0.39 is 0 Å². The van der Waals surface area contributed by atoms with Gasteiger partial charge in [-0.2, -0.15) is 0 Å². The number of morpholine rings is 1. The lowest BCUT2D eigenvalue weighted by molar-refractivity contribution is -0.0532. The molecule has 0 amide bonds. The third kappa shape index (κ3) is 2.44. The fourth-order valence-electron chi connectivity index (χ4n) is 1.62. The summed E-state index contributed by atoms with van der Waals surface area (Å²) in [5.74, 6) is 0. The van der Waals surface area contributed by atoms with Crippen molar-refractivity contribution in [1.29, 1.82) is 0 Å². The molecule has 0 radical (unpaired) electrons. The maximum absolute atomic E-state index is 5.56. The Morgan fingerprint density at radius 1 is 1.58 bits per heavy atom. The first-order valence-corrected chi connectivity index (χ1v) is 4.83. The molecule has 2 N–H and O–H groups in total. The molecular formula is C9H20N2O. The summed E-state index contributed by atoms with van der Waals surface area (Å²) in [6, 6.07) is 0.563. The molecule has 2 atom stereocenters. The van der Waals surface area contributed by atoms with Crippen molar-refractivity contribution < 1.29 is 4.74 Å². The third-order valence-electron chi connectivity index (χ3n) is 2.41. The Morgan fingerprint density at radius 2 is 2.33 bits per heavy atom. The van der Waals surface area contributed by atoms with E-state index in [2.05, 4.69) is 18.7 Å². The van der Waals surface area contributed by atoms with Gasteiger partial charge in [-0.05, 0) is 19.9 Å². The molecule has 2 unspecified atom stereocenters. The zero-order valence-corrected chi connectivity index (χ0v) is 8.12. The van der Waals surface area contributed by atoms with Crippen molar-refractivity contribution in [3.63, 3.8) is 0 Å². The van der Waals surface area contributed by atoms with E-state index in [1.165, 1.54) is 13.0 Å². The first-order chi connectivity index (χ1) is 5.77. The minimum absolute atomic E-state index is 0.257. The first-order valence-electron chi connectivity index (χ1n) is 4.83. The summed E-state index contributed by atoms with van der Waals surface area (Å²) in [5.41, 5.74) is 5.56. The predicted octanol–water partition coefficient (Wildman–Crippen LogP) is 0.444. The van der Waals surface area contributed by atoms with Gasteiger partial charge < -0.3 is 10.5 Å². The van der Waals surface area contributed by atoms with Crippen LogP contribution in [0.25, 0.3) is 0 Å². The second-order valence-corrected chi connectivity index (χ2v) is 3.54. The Labute approximate surface area is 74.9 Å². The smallest absolute Gasteiger partial charge is 0.0824 e. The lowest BCUT2D eigenvalue weighted by atomic mass is 10.2. The highest BCUT2D eigenvalue weighted by Gasteiger charge is 2.23. The molecule has 1 heterocycles. The molecule has 72 valence electrons. The van der Waals surface area contributed by atoms with Gasteiger partial charge in [-0.25, -0.2) is 0 Å². The summed E-state index contributed by atoms with van der Waals surface area (Å²) in [7, 11) is 0. The van der Waals surface area contributed by atoms with Crippen molar-refractivity contribution in [2.75, 3.05) is 26.2 Å². The van der Waals surface area contributed by atoms with Crippen LogP contribution in [-0.4, -0.2) is 43.3 Å². The number of nitrogens with two attached hydrogens (primary N) is 1. The van der Waals surface area contributed by atoms with E-state index in [1.54, 1.807) is 0 Å². The van der Waals surface area contributed by atoms with Crippen LogP contribution in [0.1, 0.15) is 20.3 Å². The zero-order chi connectivity index (χ0) is 8.97. The van der Waals surface area contributed by atoms with Gasteiger partial charge in [0.25, 0.3) is 0 Å². The second kappa shape index (κ2) is 4.80. The summed E-state index contributed by atoms with van der Waals surface area (Å²) in [6.07, 6.45) is 1.47. The van der Waals surface area contributed by atoms with E-state index in [-0.39, 0.29) is 6.10 Å². The largest absolute Gasteiger partial charge is 0.374 e. The minimum Gasteiger partial charge on any atom is -0.374 e. The third-order valence-corrected chi connectivity index (χ3v) is 2.41. The topological polar surface area (TPSA) is 38.5 Å². The molecule has 1 fully saturated rings. The van der Waals surface area contributed by atoms with Gasteiger partial charge in [0.2, 0.25) is 0 Å². The van der Waals surface area contributed by atoms with Crippen molar-refractivity contribution in [2.24, 2.45) is 5.73 Å². The highest BCUT2D eigenvalue weighted by molar-refractivity contribution is 4.77. The molecule has 0 spiro atoms. The van der Waals surface area contributed by atoms with Crippen LogP contribution in [0.5, 0.6) is 0 Å². The number of hydrogen-bond donors (Lipinski definition) is 1. The van der Waals surface area contributed by atoms with Gasteiger partial charge >= 0.3 is 0 Å². The van der Waals surface area contributed by atoms with E-state index >= 15 is 0 Å². The Bertz CT molecular complexity index is 130. The van der Waals surface area contributed by atoms with Crippen LogP contribution in [0.15, 0.2) is 0 Å². The summed E-state index contributed by atoms with van der Waals surface area (Å²) in [5, 5.41) is 0. The summed E-state index contributed by atoms with van der Waals surface area (Å²) >= 11 is 0. The minimum atomic E-state index is 0.257. The molecule has 3 nitrogen and oxygen atoms in total. The highest BCUT2D eigenvalue weighted by atomic mass is 16.5. The molecule has 0 aromatic carbocycles. The fourth-order valence-corrected chi connectivity index (χ4v) is 1.62. The Kier molecular flexibility index (Phi) is 3.98. The Hall–Kier alpha value is -0.120. The van der Waals surface area contributed by atoms with Crippen molar-refractivity contribution >= 4 is 0 Å². The van der Waals surface area contributed by atoms with Gasteiger partial charge in [0.15, 0.2) is 0 Å². The predicted molar refractivity (Wildman–Crippen MR) is 50.1 cm³/mol. The van der Waals surface area contributed by atoms with Crippen LogP contribution in [0, 0.1) is 0 Å². The molecule has 1 rings (SSSR count). The van der Waals surface area contributed by atoms with Gasteiger partial charge in [0.05, 0.1) is 12.7 Å². The molecule has 3 heteroatoms. The van der Waals surface area contributed by atoms with Crippen LogP contribution < -0.4 is 5.73 Å². The second-order valence-electron chi connectivity index (χ2n) is 3.54. The van der Waals surface area contributed by atoms with Crippen LogP contribution in [0.4, 0.5) is 0 Å². The average Bonchev–Trinajstić information content (AvgIpc) is 2.09. The summed E-state index contributed by atoms with van der Waals surface area (Å²) in [4.78, 5) is 2.46. The monoisotopic (exact) mass is 172 g/mol. The van der Waals surface area contributed by atoms with Crippen LogP contribution in [-0.2, 0) is 4.74 Å². The molecular weight excluding hydrogens is 152 g/mol. The van der Waals surface area contributed by atoms with E-state index in [9.17, 15) is 0 Å². The maximum atomic E-state index is 5.56. The van der Waals surface area contributed by atoms with Crippen LogP contribution in [0.3, 0.4) is 0 Å². The normalized spacial score (nSPS) is 32.2. The Balaban J connectivity index is 2.36. The van der Waals surface area contributed by atoms with Gasteiger partial charge in [-0.15, -0.1) is 0 Å². The molecule has 0 aromatic rings. The molecule has 0 aromatic heterocycles. The zero-order valence-electron chi connectivity index (χ0n) is 8.12. The number of hydrogen-bond acceptors (Lipinski definition) is 3. The molecule has 1 aliphatic rings. The lowest BCUT2D eigenvalue weighted by Gasteiger charge is -2.37. The van der Waals surface area contributed by atoms with Crippen molar-refractivity contribution in [3.05, 3.63) is 0 Å². The SMILES string of the molecule is CCCN1CC(CN)OCC1C. The van der Waals surface area contributed by atoms with Crippen molar-refractivity contribution in [3.8, 4) is 0 Å². The average molecular weight is 172 g/mol. The standard InChI is InChI=1S/C9H20N2O/c1-3-4-11-6-9(5-10)12-7-8(11)2/h8-9H,3-7,10H2,1-2H3. The van der Waals surface area contributed by atoms with Gasteiger partial charge in [-0.1, -0.05) is 6.92 Å². The number of ether oxygens (including phenoxy) is 1. The molecule has 0 aliphatic carbocycles. The molecule has 0 saturated carbocycles. The highest BCUT2D eigenvalue weighted by Crippen LogP contribution is 2.10. The fraction of sp³-hybridized carbons (Fsp3) is 1.00. The number of rotatable bonds is 3. The van der Waals surface area contributed by atoms with Gasteiger partial charge in [0.1, 0.15) is 0 Å². The maximum Gasteiger partial charge on any atom is 0.0824 e. The van der Waals surface area contributed by atoms with Crippen molar-refractivity contribution in [2.45, 2.75) is 32.4 Å². The molecule has 12 heavy (non-hydrogen) atoms. The van der Waals surface area contributed by atoms with Gasteiger partial charge in [-0.3, -0.25) is 4.90 Å². The lowest BCUT2D eigenvalue weighted by Crippen LogP contribution is -2.50. The van der Waals surface area contributed by atoms with Gasteiger partial charge in [0, 0.05) is 19.1 Å². The molecule has 0 bridgehead atoms. The van der Waals surface area contributed by atoms with E-state index in [4.69, 9.17) is 10.5 Å². The summed E-state index contributed by atoms with van der Waals surface area (Å²) < 4.78 is 5.55. The summed E-state index contributed by atoms with van der Waals surface area (Å²) in [6.45, 7) is 8.07. The van der Waals surface area contributed by atoms with E-state index in [1.807, 2.05) is 0 Å². The van der Waals surface area contributed by atoms with E-state index in [0.29, 0.717) is 12.6 Å². The number of nitrogens with zero attached hydrogens (tertiary/aromatic N) is 1. The molecule has 1 aliphatic heterocycles. The molecule has 1 saturated heterocycles. The van der Waals surface area contributed by atoms with Crippen molar-refractivity contribution in [1.82, 2.24) is 4.90 Å². The van der Waals surface area contributed by atoms with Crippen LogP contribution >= 0.6 is 0 Å². The quantitative estimate of drug-likeness (QED) is 0.671. The van der Waals surface area contributed by atoms with Crippen LogP contribution in [0.2, 0.25) is 0 Å². The Morgan fingerprint density at radius 3 is 2.92 bits per heavy atom. The van der Waals surface area contributed by atoms with E-state index in [0.717, 1.165) is 13.2 Å².